The molecule has 0 amide bonds. The molecule has 0 spiro atoms. The average Bonchev–Trinajstić information content (AvgIpc) is 2.47. The number of esters is 2. The Bertz CT molecular complexity index is 334. The Morgan fingerprint density at radius 1 is 0.864 bits per heavy atom. The predicted octanol–water partition coefficient (Wildman–Crippen LogP) is 4.42. The first kappa shape index (κ1) is 20.7. The minimum absolute atomic E-state index is 0.166. The lowest BCUT2D eigenvalue weighted by Crippen LogP contribution is -2.19. The summed E-state index contributed by atoms with van der Waals surface area (Å²) >= 11 is 0. The van der Waals surface area contributed by atoms with Crippen LogP contribution in [0.5, 0.6) is 0 Å². The van der Waals surface area contributed by atoms with Gasteiger partial charge in [-0.3, -0.25) is 0 Å². The van der Waals surface area contributed by atoms with Gasteiger partial charge < -0.3 is 9.47 Å². The molecule has 0 bridgehead atoms. The highest BCUT2D eigenvalue weighted by Gasteiger charge is 2.11. The molecule has 0 aromatic heterocycles. The van der Waals surface area contributed by atoms with Crippen molar-refractivity contribution in [1.29, 1.82) is 0 Å². The van der Waals surface area contributed by atoms with Crippen LogP contribution in [-0.2, 0) is 19.1 Å². The lowest BCUT2D eigenvalue weighted by molar-refractivity contribution is -0.145. The smallest absolute Gasteiger partial charge is 0.331 e. The van der Waals surface area contributed by atoms with E-state index in [0.717, 1.165) is 25.0 Å². The summed E-state index contributed by atoms with van der Waals surface area (Å²) in [5.74, 6) is -0.740. The van der Waals surface area contributed by atoms with Crippen molar-refractivity contribution in [3.8, 4) is 0 Å². The van der Waals surface area contributed by atoms with E-state index < -0.39 is 11.9 Å². The first-order valence-corrected chi connectivity index (χ1v) is 8.52. The van der Waals surface area contributed by atoms with Crippen molar-refractivity contribution >= 4 is 11.9 Å². The SMILES string of the molecule is CCCCCCCCCOC(=O)/C=C/C(=O)OC(C)C(C)C. The largest absolute Gasteiger partial charge is 0.463 e. The van der Waals surface area contributed by atoms with Gasteiger partial charge in [0, 0.05) is 12.2 Å². The summed E-state index contributed by atoms with van der Waals surface area (Å²) in [6, 6.07) is 0. The quantitative estimate of drug-likeness (QED) is 0.304. The monoisotopic (exact) mass is 312 g/mol. The Kier molecular flexibility index (Phi) is 12.5. The molecular weight excluding hydrogens is 280 g/mol. The van der Waals surface area contributed by atoms with Crippen LogP contribution in [0.2, 0.25) is 0 Å². The number of ether oxygens (including phenoxy) is 2. The fraction of sp³-hybridized carbons (Fsp3) is 0.778. The minimum Gasteiger partial charge on any atom is -0.463 e. The van der Waals surface area contributed by atoms with E-state index >= 15 is 0 Å². The van der Waals surface area contributed by atoms with Gasteiger partial charge in [-0.05, 0) is 19.3 Å². The van der Waals surface area contributed by atoms with Gasteiger partial charge in [-0.25, -0.2) is 9.59 Å². The molecule has 4 heteroatoms. The van der Waals surface area contributed by atoms with Crippen LogP contribution < -0.4 is 0 Å². The number of rotatable bonds is 12. The molecule has 0 rings (SSSR count). The molecule has 0 saturated carbocycles. The molecule has 0 aliphatic carbocycles. The molecular formula is C18H32O4. The Balaban J connectivity index is 3.64. The van der Waals surface area contributed by atoms with E-state index in [1.54, 1.807) is 0 Å². The van der Waals surface area contributed by atoms with Crippen molar-refractivity contribution in [3.63, 3.8) is 0 Å². The van der Waals surface area contributed by atoms with Crippen LogP contribution in [0.3, 0.4) is 0 Å². The molecule has 128 valence electrons. The highest BCUT2D eigenvalue weighted by Crippen LogP contribution is 2.07. The molecule has 1 atom stereocenters. The average molecular weight is 312 g/mol. The second kappa shape index (κ2) is 13.4. The van der Waals surface area contributed by atoms with E-state index in [1.165, 1.54) is 32.1 Å². The fourth-order valence-corrected chi connectivity index (χ4v) is 1.77. The summed E-state index contributed by atoms with van der Waals surface area (Å²) in [7, 11) is 0. The summed E-state index contributed by atoms with van der Waals surface area (Å²) in [4.78, 5) is 22.9. The second-order valence-electron chi connectivity index (χ2n) is 6.01. The van der Waals surface area contributed by atoms with Gasteiger partial charge in [0.05, 0.1) is 6.61 Å². The molecule has 0 aliphatic heterocycles. The molecule has 0 saturated heterocycles. The third kappa shape index (κ3) is 12.4. The van der Waals surface area contributed by atoms with Gasteiger partial charge in [0.25, 0.3) is 0 Å². The highest BCUT2D eigenvalue weighted by atomic mass is 16.5. The maximum atomic E-state index is 11.4. The van der Waals surface area contributed by atoms with Crippen LogP contribution in [0.15, 0.2) is 12.2 Å². The fourth-order valence-electron chi connectivity index (χ4n) is 1.77. The van der Waals surface area contributed by atoms with Gasteiger partial charge in [-0.15, -0.1) is 0 Å². The summed E-state index contributed by atoms with van der Waals surface area (Å²) < 4.78 is 10.2. The number of carbonyl (C=O) groups excluding carboxylic acids is 2. The summed E-state index contributed by atoms with van der Waals surface area (Å²) in [6.07, 6.45) is 10.3. The zero-order valence-corrected chi connectivity index (χ0v) is 14.6. The standard InChI is InChI=1S/C18H32O4/c1-5-6-7-8-9-10-11-14-21-17(19)12-13-18(20)22-16(4)15(2)3/h12-13,15-16H,5-11,14H2,1-4H3/b13-12+. The van der Waals surface area contributed by atoms with Crippen LogP contribution in [0.25, 0.3) is 0 Å². The van der Waals surface area contributed by atoms with Crippen molar-refractivity contribution in [3.05, 3.63) is 12.2 Å². The molecule has 0 aromatic carbocycles. The van der Waals surface area contributed by atoms with Gasteiger partial charge >= 0.3 is 11.9 Å². The molecule has 0 radical (unpaired) electrons. The molecule has 0 aromatic rings. The van der Waals surface area contributed by atoms with Gasteiger partial charge in [0.1, 0.15) is 6.10 Å². The van der Waals surface area contributed by atoms with Crippen molar-refractivity contribution in [2.45, 2.75) is 78.7 Å². The number of carbonyl (C=O) groups is 2. The van der Waals surface area contributed by atoms with Crippen LogP contribution in [0.4, 0.5) is 0 Å². The van der Waals surface area contributed by atoms with Crippen molar-refractivity contribution in [2.75, 3.05) is 6.61 Å². The molecule has 0 aliphatic rings. The lowest BCUT2D eigenvalue weighted by atomic mass is 10.1. The number of unbranched alkanes of at least 4 members (excludes halogenated alkanes) is 6. The van der Waals surface area contributed by atoms with Crippen LogP contribution in [0, 0.1) is 5.92 Å². The third-order valence-electron chi connectivity index (χ3n) is 3.59. The second-order valence-corrected chi connectivity index (χ2v) is 6.01. The topological polar surface area (TPSA) is 52.6 Å². The van der Waals surface area contributed by atoms with E-state index in [4.69, 9.17) is 9.47 Å². The van der Waals surface area contributed by atoms with E-state index in [1.807, 2.05) is 20.8 Å². The van der Waals surface area contributed by atoms with Gasteiger partial charge in [0.15, 0.2) is 0 Å². The highest BCUT2D eigenvalue weighted by molar-refractivity contribution is 5.91. The van der Waals surface area contributed by atoms with Gasteiger partial charge in [0.2, 0.25) is 0 Å². The Morgan fingerprint density at radius 3 is 2.00 bits per heavy atom. The van der Waals surface area contributed by atoms with Crippen molar-refractivity contribution in [2.24, 2.45) is 5.92 Å². The first-order chi connectivity index (χ1) is 10.5. The molecule has 0 fully saturated rings. The number of hydrogen-bond donors (Lipinski definition) is 0. The maximum absolute atomic E-state index is 11.4. The normalized spacial score (nSPS) is 12.6. The van der Waals surface area contributed by atoms with Crippen LogP contribution in [0.1, 0.15) is 72.6 Å². The Morgan fingerprint density at radius 2 is 1.41 bits per heavy atom. The maximum Gasteiger partial charge on any atom is 0.331 e. The summed E-state index contributed by atoms with van der Waals surface area (Å²) in [5, 5.41) is 0. The van der Waals surface area contributed by atoms with E-state index in [2.05, 4.69) is 6.92 Å². The summed E-state index contributed by atoms with van der Waals surface area (Å²) in [6.45, 7) is 8.38. The van der Waals surface area contributed by atoms with E-state index in [0.29, 0.717) is 6.61 Å². The molecule has 1 unspecified atom stereocenters. The Labute approximate surface area is 135 Å². The molecule has 4 nitrogen and oxygen atoms in total. The van der Waals surface area contributed by atoms with Gasteiger partial charge in [-0.1, -0.05) is 59.3 Å². The van der Waals surface area contributed by atoms with Crippen LogP contribution >= 0.6 is 0 Å². The van der Waals surface area contributed by atoms with E-state index in [-0.39, 0.29) is 12.0 Å². The van der Waals surface area contributed by atoms with Crippen LogP contribution in [-0.4, -0.2) is 24.6 Å². The first-order valence-electron chi connectivity index (χ1n) is 8.52. The summed E-state index contributed by atoms with van der Waals surface area (Å²) in [5.41, 5.74) is 0. The minimum atomic E-state index is -0.505. The van der Waals surface area contributed by atoms with E-state index in [9.17, 15) is 9.59 Å². The number of hydrogen-bond acceptors (Lipinski definition) is 4. The lowest BCUT2D eigenvalue weighted by Gasteiger charge is -2.14. The predicted molar refractivity (Wildman–Crippen MR) is 88.5 cm³/mol. The van der Waals surface area contributed by atoms with Crippen molar-refractivity contribution in [1.82, 2.24) is 0 Å². The van der Waals surface area contributed by atoms with Gasteiger partial charge in [-0.2, -0.15) is 0 Å². The van der Waals surface area contributed by atoms with Crippen molar-refractivity contribution < 1.29 is 19.1 Å². The third-order valence-corrected chi connectivity index (χ3v) is 3.59. The zero-order valence-electron chi connectivity index (χ0n) is 14.6. The Hall–Kier alpha value is -1.32. The zero-order chi connectivity index (χ0) is 16.8. The molecule has 22 heavy (non-hydrogen) atoms. The molecule has 0 heterocycles. The molecule has 0 N–H and O–H groups in total.